The fraction of sp³-hybridized carbons (Fsp3) is 0.292. The highest BCUT2D eigenvalue weighted by atomic mass is 16.5. The first-order valence-electron chi connectivity index (χ1n) is 10.3. The summed E-state index contributed by atoms with van der Waals surface area (Å²) in [6.45, 7) is 4.36. The third-order valence-electron chi connectivity index (χ3n) is 4.98. The predicted octanol–water partition coefficient (Wildman–Crippen LogP) is 2.60. The van der Waals surface area contributed by atoms with Gasteiger partial charge in [0.1, 0.15) is 0 Å². The first-order chi connectivity index (χ1) is 15.4. The lowest BCUT2D eigenvalue weighted by molar-refractivity contribution is -0.120. The second kappa shape index (κ2) is 10.5. The summed E-state index contributed by atoms with van der Waals surface area (Å²) in [6, 6.07) is 14.9. The maximum absolute atomic E-state index is 12.3. The third-order valence-corrected chi connectivity index (χ3v) is 4.98. The van der Waals surface area contributed by atoms with Gasteiger partial charge in [0.05, 0.1) is 32.1 Å². The number of nitrogens with zero attached hydrogens (tertiary/aromatic N) is 2. The van der Waals surface area contributed by atoms with Crippen molar-refractivity contribution in [3.8, 4) is 17.2 Å². The number of rotatable bonds is 9. The molecule has 0 bridgehead atoms. The van der Waals surface area contributed by atoms with Gasteiger partial charge in [-0.15, -0.1) is 0 Å². The van der Waals surface area contributed by atoms with Crippen LogP contribution in [0.15, 0.2) is 48.5 Å². The Morgan fingerprint density at radius 2 is 1.66 bits per heavy atom. The highest BCUT2D eigenvalue weighted by Gasteiger charge is 2.12. The quantitative estimate of drug-likeness (QED) is 0.538. The van der Waals surface area contributed by atoms with Crippen LogP contribution in [0.5, 0.6) is 11.5 Å². The molecule has 0 saturated carbocycles. The van der Waals surface area contributed by atoms with Gasteiger partial charge in [0.15, 0.2) is 11.5 Å². The molecule has 0 saturated heterocycles. The van der Waals surface area contributed by atoms with E-state index in [1.165, 1.54) is 14.2 Å². The molecular weight excluding hydrogens is 408 g/mol. The molecule has 168 valence electrons. The predicted molar refractivity (Wildman–Crippen MR) is 122 cm³/mol. The maximum Gasteiger partial charge on any atom is 0.251 e. The van der Waals surface area contributed by atoms with Crippen molar-refractivity contribution < 1.29 is 19.1 Å². The SMILES string of the molecule is COc1ccc(C(=O)NCC(=O)NCCc2ccc(-n3nc(C)cc3C)cc2)cc1OC. The molecule has 3 rings (SSSR count). The van der Waals surface area contributed by atoms with Crippen LogP contribution >= 0.6 is 0 Å². The summed E-state index contributed by atoms with van der Waals surface area (Å²) in [6.07, 6.45) is 0.687. The zero-order valence-corrected chi connectivity index (χ0v) is 18.8. The van der Waals surface area contributed by atoms with Crippen LogP contribution in [-0.2, 0) is 11.2 Å². The van der Waals surface area contributed by atoms with E-state index in [1.54, 1.807) is 18.2 Å². The Balaban J connectivity index is 1.44. The molecule has 0 spiro atoms. The summed E-state index contributed by atoms with van der Waals surface area (Å²) in [5, 5.41) is 9.92. The molecule has 32 heavy (non-hydrogen) atoms. The van der Waals surface area contributed by atoms with Gasteiger partial charge in [-0.1, -0.05) is 12.1 Å². The van der Waals surface area contributed by atoms with Crippen molar-refractivity contribution in [2.45, 2.75) is 20.3 Å². The Labute approximate surface area is 187 Å². The van der Waals surface area contributed by atoms with Crippen molar-refractivity contribution in [1.29, 1.82) is 0 Å². The van der Waals surface area contributed by atoms with Crippen LogP contribution in [-0.4, -0.2) is 48.9 Å². The molecule has 0 fully saturated rings. The standard InChI is InChI=1S/C24H28N4O4/c1-16-13-17(2)28(27-16)20-8-5-18(6-9-20)11-12-25-23(29)15-26-24(30)19-7-10-21(31-3)22(14-19)32-4/h5-10,13-14H,11-12,15H2,1-4H3,(H,25,29)(H,26,30). The molecular formula is C24H28N4O4. The van der Waals surface area contributed by atoms with Crippen LogP contribution in [0.1, 0.15) is 27.3 Å². The van der Waals surface area contributed by atoms with Crippen LogP contribution < -0.4 is 20.1 Å². The molecule has 2 aromatic carbocycles. The Hall–Kier alpha value is -3.81. The van der Waals surface area contributed by atoms with Gasteiger partial charge in [0, 0.05) is 17.8 Å². The summed E-state index contributed by atoms with van der Waals surface area (Å²) in [5.74, 6) is 0.372. The van der Waals surface area contributed by atoms with E-state index in [0.717, 1.165) is 22.6 Å². The van der Waals surface area contributed by atoms with Crippen molar-refractivity contribution in [3.63, 3.8) is 0 Å². The second-order valence-corrected chi connectivity index (χ2v) is 7.36. The van der Waals surface area contributed by atoms with E-state index >= 15 is 0 Å². The lowest BCUT2D eigenvalue weighted by atomic mass is 10.1. The minimum Gasteiger partial charge on any atom is -0.493 e. The normalized spacial score (nSPS) is 10.5. The zero-order valence-electron chi connectivity index (χ0n) is 18.8. The molecule has 0 aliphatic carbocycles. The number of hydrogen-bond acceptors (Lipinski definition) is 5. The monoisotopic (exact) mass is 436 g/mol. The van der Waals surface area contributed by atoms with E-state index in [0.29, 0.717) is 30.0 Å². The largest absolute Gasteiger partial charge is 0.493 e. The first kappa shape index (κ1) is 22.9. The van der Waals surface area contributed by atoms with Crippen LogP contribution in [0, 0.1) is 13.8 Å². The number of nitrogens with one attached hydrogen (secondary N) is 2. The zero-order chi connectivity index (χ0) is 23.1. The van der Waals surface area contributed by atoms with Gasteiger partial charge < -0.3 is 20.1 Å². The van der Waals surface area contributed by atoms with Crippen LogP contribution in [0.25, 0.3) is 5.69 Å². The van der Waals surface area contributed by atoms with Crippen molar-refractivity contribution in [1.82, 2.24) is 20.4 Å². The number of amides is 2. The number of hydrogen-bond donors (Lipinski definition) is 2. The molecule has 2 amide bonds. The smallest absolute Gasteiger partial charge is 0.251 e. The first-order valence-corrected chi connectivity index (χ1v) is 10.3. The van der Waals surface area contributed by atoms with E-state index in [4.69, 9.17) is 9.47 Å². The fourth-order valence-corrected chi connectivity index (χ4v) is 3.34. The number of aromatic nitrogens is 2. The van der Waals surface area contributed by atoms with E-state index < -0.39 is 0 Å². The summed E-state index contributed by atoms with van der Waals surface area (Å²) in [4.78, 5) is 24.4. The molecule has 0 radical (unpaired) electrons. The number of methoxy groups -OCH3 is 2. The minimum atomic E-state index is -0.360. The molecule has 3 aromatic rings. The maximum atomic E-state index is 12.3. The molecule has 2 N–H and O–H groups in total. The average Bonchev–Trinajstić information content (AvgIpc) is 3.15. The molecule has 0 unspecified atom stereocenters. The van der Waals surface area contributed by atoms with Gasteiger partial charge in [0.2, 0.25) is 5.91 Å². The van der Waals surface area contributed by atoms with Gasteiger partial charge in [-0.2, -0.15) is 5.10 Å². The Bertz CT molecular complexity index is 1090. The van der Waals surface area contributed by atoms with Gasteiger partial charge in [-0.05, 0) is 62.2 Å². The number of aryl methyl sites for hydroxylation is 2. The summed E-state index contributed by atoms with van der Waals surface area (Å²) < 4.78 is 12.3. The van der Waals surface area contributed by atoms with Gasteiger partial charge >= 0.3 is 0 Å². The molecule has 0 aliphatic rings. The average molecular weight is 437 g/mol. The summed E-state index contributed by atoms with van der Waals surface area (Å²) >= 11 is 0. The lowest BCUT2D eigenvalue weighted by Crippen LogP contribution is -2.37. The van der Waals surface area contributed by atoms with E-state index in [1.807, 2.05) is 48.9 Å². The number of carbonyl (C=O) groups excluding carboxylic acids is 2. The van der Waals surface area contributed by atoms with Crippen molar-refractivity contribution in [3.05, 3.63) is 71.0 Å². The summed E-state index contributed by atoms with van der Waals surface area (Å²) in [7, 11) is 3.03. The third kappa shape index (κ3) is 5.66. The minimum absolute atomic E-state index is 0.107. The molecule has 8 heteroatoms. The number of carbonyl (C=O) groups is 2. The topological polar surface area (TPSA) is 94.5 Å². The van der Waals surface area contributed by atoms with Crippen LogP contribution in [0.4, 0.5) is 0 Å². The highest BCUT2D eigenvalue weighted by molar-refractivity contribution is 5.97. The van der Waals surface area contributed by atoms with Crippen molar-refractivity contribution in [2.24, 2.45) is 0 Å². The van der Waals surface area contributed by atoms with Gasteiger partial charge in [0.25, 0.3) is 5.91 Å². The molecule has 1 aromatic heterocycles. The number of ether oxygens (including phenoxy) is 2. The summed E-state index contributed by atoms with van der Waals surface area (Å²) in [5.41, 5.74) is 4.55. The fourth-order valence-electron chi connectivity index (χ4n) is 3.34. The van der Waals surface area contributed by atoms with Crippen LogP contribution in [0.3, 0.4) is 0 Å². The Morgan fingerprint density at radius 3 is 2.28 bits per heavy atom. The second-order valence-electron chi connectivity index (χ2n) is 7.36. The number of benzene rings is 2. The molecule has 1 heterocycles. The molecule has 0 atom stereocenters. The van der Waals surface area contributed by atoms with E-state index in [-0.39, 0.29) is 18.4 Å². The van der Waals surface area contributed by atoms with Crippen molar-refractivity contribution in [2.75, 3.05) is 27.3 Å². The Kier molecular flexibility index (Phi) is 7.49. The van der Waals surface area contributed by atoms with E-state index in [9.17, 15) is 9.59 Å². The molecule has 0 aliphatic heterocycles. The van der Waals surface area contributed by atoms with Gasteiger partial charge in [-0.3, -0.25) is 9.59 Å². The van der Waals surface area contributed by atoms with E-state index in [2.05, 4.69) is 15.7 Å². The highest BCUT2D eigenvalue weighted by Crippen LogP contribution is 2.27. The lowest BCUT2D eigenvalue weighted by Gasteiger charge is -2.10. The van der Waals surface area contributed by atoms with Gasteiger partial charge in [-0.25, -0.2) is 4.68 Å². The molecule has 8 nitrogen and oxygen atoms in total. The van der Waals surface area contributed by atoms with Crippen LogP contribution in [0.2, 0.25) is 0 Å². The van der Waals surface area contributed by atoms with Crippen molar-refractivity contribution >= 4 is 11.8 Å². The Morgan fingerprint density at radius 1 is 0.938 bits per heavy atom.